The van der Waals surface area contributed by atoms with Gasteiger partial charge < -0.3 is 10.1 Å². The second kappa shape index (κ2) is 8.35. The topological polar surface area (TPSA) is 90.3 Å². The molecule has 0 fully saturated rings. The van der Waals surface area contributed by atoms with Crippen LogP contribution in [0, 0.1) is 12.7 Å². The van der Waals surface area contributed by atoms with Gasteiger partial charge in [-0.15, -0.1) is 11.3 Å². The zero-order chi connectivity index (χ0) is 21.3. The Labute approximate surface area is 175 Å². The number of amides is 1. The maximum Gasteiger partial charge on any atom is 0.349 e. The molecule has 1 amide bonds. The largest absolute Gasteiger partial charge is 0.451 e. The number of benzene rings is 1. The summed E-state index contributed by atoms with van der Waals surface area (Å²) in [6.07, 6.45) is 3.71. The van der Waals surface area contributed by atoms with E-state index in [2.05, 4.69) is 10.3 Å². The van der Waals surface area contributed by atoms with Gasteiger partial charge in [0.15, 0.2) is 6.61 Å². The molecule has 0 saturated heterocycles. The average molecular weight is 429 g/mol. The lowest BCUT2D eigenvalue weighted by Crippen LogP contribution is -2.24. The summed E-state index contributed by atoms with van der Waals surface area (Å²) in [6.45, 7) is 1.80. The summed E-state index contributed by atoms with van der Waals surface area (Å²) < 4.78 is 20.0. The van der Waals surface area contributed by atoms with Crippen molar-refractivity contribution >= 4 is 39.1 Å². The summed E-state index contributed by atoms with van der Waals surface area (Å²) in [5.74, 6) is -1.01. The van der Waals surface area contributed by atoms with Gasteiger partial charge in [-0.2, -0.15) is 0 Å². The molecule has 7 nitrogen and oxygen atoms in total. The van der Waals surface area contributed by atoms with Gasteiger partial charge in [0.05, 0.1) is 5.39 Å². The number of hydrogen-bond donors (Lipinski definition) is 1. The van der Waals surface area contributed by atoms with E-state index in [1.807, 2.05) is 0 Å². The minimum absolute atomic E-state index is 0.131. The minimum atomic E-state index is -0.690. The van der Waals surface area contributed by atoms with Gasteiger partial charge in [-0.05, 0) is 43.5 Å². The van der Waals surface area contributed by atoms with E-state index in [9.17, 15) is 18.8 Å². The van der Waals surface area contributed by atoms with Crippen molar-refractivity contribution in [3.8, 4) is 0 Å². The summed E-state index contributed by atoms with van der Waals surface area (Å²) in [5.41, 5.74) is 0.656. The first-order chi connectivity index (χ1) is 14.4. The summed E-state index contributed by atoms with van der Waals surface area (Å²) >= 11 is 1.10. The van der Waals surface area contributed by atoms with Gasteiger partial charge in [0.2, 0.25) is 0 Å². The Hall–Kier alpha value is -3.07. The summed E-state index contributed by atoms with van der Waals surface area (Å²) in [6, 6.07) is 5.42. The molecule has 0 aliphatic carbocycles. The number of aromatic nitrogens is 2. The first-order valence-electron chi connectivity index (χ1n) is 9.69. The molecule has 1 aliphatic rings. The van der Waals surface area contributed by atoms with Crippen molar-refractivity contribution in [2.24, 2.45) is 0 Å². The van der Waals surface area contributed by atoms with Crippen LogP contribution in [0.5, 0.6) is 0 Å². The highest BCUT2D eigenvalue weighted by Crippen LogP contribution is 2.29. The van der Waals surface area contributed by atoms with Crippen LogP contribution < -0.4 is 10.9 Å². The van der Waals surface area contributed by atoms with Gasteiger partial charge >= 0.3 is 5.97 Å². The quantitative estimate of drug-likeness (QED) is 0.642. The van der Waals surface area contributed by atoms with Gasteiger partial charge in [0.1, 0.15) is 21.3 Å². The highest BCUT2D eigenvalue weighted by molar-refractivity contribution is 7.20. The molecule has 1 aliphatic heterocycles. The number of anilines is 1. The highest BCUT2D eigenvalue weighted by Gasteiger charge is 2.23. The molecule has 9 heteroatoms. The van der Waals surface area contributed by atoms with E-state index in [4.69, 9.17) is 4.74 Å². The summed E-state index contributed by atoms with van der Waals surface area (Å²) in [5, 5.41) is 2.90. The van der Waals surface area contributed by atoms with Gasteiger partial charge in [-0.1, -0.05) is 12.5 Å². The third kappa shape index (κ3) is 3.97. The van der Waals surface area contributed by atoms with E-state index < -0.39 is 24.3 Å². The van der Waals surface area contributed by atoms with Gasteiger partial charge in [-0.3, -0.25) is 14.2 Å². The number of thiophene rings is 1. The van der Waals surface area contributed by atoms with E-state index in [1.54, 1.807) is 11.5 Å². The molecule has 3 heterocycles. The lowest BCUT2D eigenvalue weighted by molar-refractivity contribution is -0.119. The Balaban J connectivity index is 1.52. The smallest absolute Gasteiger partial charge is 0.349 e. The molecule has 30 heavy (non-hydrogen) atoms. The number of hydrogen-bond acceptors (Lipinski definition) is 6. The van der Waals surface area contributed by atoms with Crippen LogP contribution in [0.15, 0.2) is 29.1 Å². The van der Waals surface area contributed by atoms with E-state index in [1.165, 1.54) is 24.3 Å². The van der Waals surface area contributed by atoms with Crippen molar-refractivity contribution in [1.29, 1.82) is 0 Å². The molecule has 0 unspecified atom stereocenters. The number of nitrogens with zero attached hydrogens (tertiary/aromatic N) is 2. The number of carbonyl (C=O) groups excluding carboxylic acids is 2. The molecular formula is C21H20FN3O4S. The van der Waals surface area contributed by atoms with Crippen LogP contribution in [0.1, 0.15) is 40.3 Å². The van der Waals surface area contributed by atoms with E-state index >= 15 is 0 Å². The molecule has 2 aromatic heterocycles. The van der Waals surface area contributed by atoms with Crippen molar-refractivity contribution in [2.75, 3.05) is 11.9 Å². The van der Waals surface area contributed by atoms with E-state index in [0.29, 0.717) is 22.3 Å². The minimum Gasteiger partial charge on any atom is -0.451 e. The average Bonchev–Trinajstić information content (AvgIpc) is 2.88. The number of carbonyl (C=O) groups is 2. The summed E-state index contributed by atoms with van der Waals surface area (Å²) in [4.78, 5) is 42.9. The molecule has 4 rings (SSSR count). The van der Waals surface area contributed by atoms with Crippen LogP contribution in [0.3, 0.4) is 0 Å². The normalized spacial score (nSPS) is 13.5. The van der Waals surface area contributed by atoms with Crippen molar-refractivity contribution in [2.45, 2.75) is 39.2 Å². The van der Waals surface area contributed by atoms with Crippen LogP contribution in [-0.4, -0.2) is 28.0 Å². The fourth-order valence-corrected chi connectivity index (χ4v) is 4.65. The molecule has 0 atom stereocenters. The van der Waals surface area contributed by atoms with Crippen LogP contribution in [0.25, 0.3) is 10.2 Å². The van der Waals surface area contributed by atoms with Gasteiger partial charge in [0.25, 0.3) is 11.5 Å². The second-order valence-corrected chi connectivity index (χ2v) is 8.17. The Bertz CT molecular complexity index is 1200. The molecular weight excluding hydrogens is 409 g/mol. The lowest BCUT2D eigenvalue weighted by atomic mass is 10.2. The van der Waals surface area contributed by atoms with Crippen molar-refractivity contribution in [1.82, 2.24) is 9.55 Å². The fraction of sp³-hybridized carbons (Fsp3) is 0.333. The number of halogens is 1. The second-order valence-electron chi connectivity index (χ2n) is 7.17. The maximum absolute atomic E-state index is 13.2. The van der Waals surface area contributed by atoms with Crippen LogP contribution in [0.2, 0.25) is 0 Å². The summed E-state index contributed by atoms with van der Waals surface area (Å²) in [7, 11) is 0. The molecule has 3 aromatic rings. The first kappa shape index (κ1) is 20.2. The molecule has 156 valence electrons. The van der Waals surface area contributed by atoms with Crippen molar-refractivity contribution < 1.29 is 18.7 Å². The third-order valence-corrected chi connectivity index (χ3v) is 6.21. The van der Waals surface area contributed by atoms with Crippen LogP contribution in [-0.2, 0) is 22.5 Å². The Morgan fingerprint density at radius 3 is 2.93 bits per heavy atom. The SMILES string of the molecule is Cc1c(C(=O)OCC(=O)Nc2cccc(F)c2)sc2nc3n(c(=O)c12)CCCCC3. The van der Waals surface area contributed by atoms with Gasteiger partial charge in [-0.25, -0.2) is 14.2 Å². The maximum atomic E-state index is 13.2. The third-order valence-electron chi connectivity index (χ3n) is 5.04. The number of nitrogens with one attached hydrogen (secondary N) is 1. The molecule has 0 radical (unpaired) electrons. The van der Waals surface area contributed by atoms with Crippen molar-refractivity contribution in [3.05, 3.63) is 56.7 Å². The lowest BCUT2D eigenvalue weighted by Gasteiger charge is -2.08. The molecule has 0 saturated carbocycles. The Kier molecular flexibility index (Phi) is 5.63. The van der Waals surface area contributed by atoms with E-state index in [0.717, 1.165) is 42.8 Å². The number of ether oxygens (including phenoxy) is 1. The monoisotopic (exact) mass is 429 g/mol. The number of fused-ring (bicyclic) bond motifs is 2. The highest BCUT2D eigenvalue weighted by atomic mass is 32.1. The zero-order valence-electron chi connectivity index (χ0n) is 16.4. The number of rotatable bonds is 4. The van der Waals surface area contributed by atoms with Gasteiger partial charge in [0, 0.05) is 18.7 Å². The van der Waals surface area contributed by atoms with E-state index in [-0.39, 0.29) is 16.1 Å². The molecule has 0 bridgehead atoms. The molecule has 1 N–H and O–H groups in total. The number of aryl methyl sites for hydroxylation is 2. The van der Waals surface area contributed by atoms with Crippen LogP contribution in [0.4, 0.5) is 10.1 Å². The Morgan fingerprint density at radius 1 is 1.30 bits per heavy atom. The number of esters is 1. The van der Waals surface area contributed by atoms with Crippen LogP contribution >= 0.6 is 11.3 Å². The predicted octanol–water partition coefficient (Wildman–Crippen LogP) is 3.43. The zero-order valence-corrected chi connectivity index (χ0v) is 17.2. The molecule has 0 spiro atoms. The van der Waals surface area contributed by atoms with Crippen molar-refractivity contribution in [3.63, 3.8) is 0 Å². The standard InChI is InChI=1S/C21H20FN3O4S/c1-12-17-19(24-15-8-3-2-4-9-25(15)20(17)27)30-18(12)21(28)29-11-16(26)23-14-7-5-6-13(22)10-14/h5-7,10H,2-4,8-9,11H2,1H3,(H,23,26). The molecule has 1 aromatic carbocycles. The Morgan fingerprint density at radius 2 is 2.13 bits per heavy atom. The fourth-order valence-electron chi connectivity index (χ4n) is 3.56. The first-order valence-corrected chi connectivity index (χ1v) is 10.5. The predicted molar refractivity (Wildman–Crippen MR) is 111 cm³/mol.